The number of ether oxygens (including phenoxy) is 1. The number of hydrogen-bond acceptors (Lipinski definition) is 6. The fourth-order valence-corrected chi connectivity index (χ4v) is 5.94. The summed E-state index contributed by atoms with van der Waals surface area (Å²) < 4.78 is 5.60. The molecule has 7 nitrogen and oxygen atoms in total. The second-order valence-corrected chi connectivity index (χ2v) is 12.3. The summed E-state index contributed by atoms with van der Waals surface area (Å²) in [6, 6.07) is 16.2. The SMILES string of the molecule is Cc1ccsc1OC(=O)Nc1cc(CN2CCC(CCC(C)(C)O)CC2)ccc1/C=C/c1n[nH]c2ccccc12. The van der Waals surface area contributed by atoms with E-state index in [2.05, 4.69) is 26.5 Å². The molecule has 8 heteroatoms. The maximum atomic E-state index is 12.9. The van der Waals surface area contributed by atoms with Gasteiger partial charge in [0.2, 0.25) is 0 Å². The maximum Gasteiger partial charge on any atom is 0.417 e. The topological polar surface area (TPSA) is 90.5 Å². The van der Waals surface area contributed by atoms with E-state index >= 15 is 0 Å². The molecule has 0 atom stereocenters. The first-order valence-electron chi connectivity index (χ1n) is 14.0. The first kappa shape index (κ1) is 28.1. The summed E-state index contributed by atoms with van der Waals surface area (Å²) >= 11 is 1.40. The predicted molar refractivity (Wildman–Crippen MR) is 164 cm³/mol. The van der Waals surface area contributed by atoms with Crippen LogP contribution in [0.5, 0.6) is 5.06 Å². The number of rotatable bonds is 9. The van der Waals surface area contributed by atoms with Crippen LogP contribution in [0.1, 0.15) is 61.9 Å². The van der Waals surface area contributed by atoms with Crippen LogP contribution in [0.4, 0.5) is 10.5 Å². The van der Waals surface area contributed by atoms with Crippen molar-refractivity contribution >= 4 is 46.2 Å². The van der Waals surface area contributed by atoms with Crippen molar-refractivity contribution in [2.45, 2.75) is 58.6 Å². The molecule has 0 radical (unpaired) electrons. The van der Waals surface area contributed by atoms with Gasteiger partial charge in [-0.05, 0) is 106 Å². The van der Waals surface area contributed by atoms with Crippen LogP contribution in [0.25, 0.3) is 23.1 Å². The number of nitrogens with one attached hydrogen (secondary N) is 2. The van der Waals surface area contributed by atoms with E-state index in [4.69, 9.17) is 4.74 Å². The lowest BCUT2D eigenvalue weighted by Crippen LogP contribution is -2.34. The largest absolute Gasteiger partial charge is 0.417 e. The lowest BCUT2D eigenvalue weighted by Gasteiger charge is -2.33. The zero-order chi connectivity index (χ0) is 28.1. The van der Waals surface area contributed by atoms with Crippen molar-refractivity contribution in [1.82, 2.24) is 15.1 Å². The molecule has 0 saturated carbocycles. The molecule has 2 aromatic heterocycles. The summed E-state index contributed by atoms with van der Waals surface area (Å²) in [6.45, 7) is 8.59. The van der Waals surface area contributed by atoms with Crippen LogP contribution in [0.2, 0.25) is 0 Å². The Balaban J connectivity index is 1.30. The molecule has 1 amide bonds. The van der Waals surface area contributed by atoms with Gasteiger partial charge >= 0.3 is 6.09 Å². The second kappa shape index (κ2) is 12.4. The Morgan fingerprint density at radius 3 is 2.75 bits per heavy atom. The van der Waals surface area contributed by atoms with Gasteiger partial charge in [-0.3, -0.25) is 15.3 Å². The summed E-state index contributed by atoms with van der Waals surface area (Å²) in [7, 11) is 0. The Morgan fingerprint density at radius 1 is 1.20 bits per heavy atom. The van der Waals surface area contributed by atoms with Crippen LogP contribution < -0.4 is 10.1 Å². The summed E-state index contributed by atoms with van der Waals surface area (Å²) in [5, 5.41) is 24.1. The Morgan fingerprint density at radius 2 is 2.00 bits per heavy atom. The number of piperidine rings is 1. The Bertz CT molecular complexity index is 1470. The average Bonchev–Trinajstić information content (AvgIpc) is 3.53. The van der Waals surface area contributed by atoms with Gasteiger partial charge in [0.15, 0.2) is 5.06 Å². The fourth-order valence-electron chi connectivity index (χ4n) is 5.17. The third-order valence-corrected chi connectivity index (χ3v) is 8.44. The smallest absolute Gasteiger partial charge is 0.399 e. The van der Waals surface area contributed by atoms with Gasteiger partial charge in [-0.25, -0.2) is 4.79 Å². The van der Waals surface area contributed by atoms with Gasteiger partial charge in [0, 0.05) is 17.5 Å². The van der Waals surface area contributed by atoms with Gasteiger partial charge in [-0.1, -0.05) is 36.4 Å². The molecular weight excluding hydrogens is 520 g/mol. The highest BCUT2D eigenvalue weighted by Gasteiger charge is 2.22. The van der Waals surface area contributed by atoms with Crippen molar-refractivity contribution in [2.24, 2.45) is 5.92 Å². The number of hydrogen-bond donors (Lipinski definition) is 3. The quantitative estimate of drug-likeness (QED) is 0.198. The van der Waals surface area contributed by atoms with E-state index in [1.165, 1.54) is 11.3 Å². The number of fused-ring (bicyclic) bond motifs is 1. The second-order valence-electron chi connectivity index (χ2n) is 11.4. The van der Waals surface area contributed by atoms with E-state index in [9.17, 15) is 9.90 Å². The molecule has 4 aromatic rings. The molecule has 1 aliphatic rings. The number of aryl methyl sites for hydroxylation is 1. The molecule has 3 heterocycles. The number of anilines is 1. The summed E-state index contributed by atoms with van der Waals surface area (Å²) in [5.74, 6) is 0.668. The number of para-hydroxylation sites is 1. The van der Waals surface area contributed by atoms with E-state index in [1.807, 2.05) is 80.8 Å². The number of nitrogens with zero attached hydrogens (tertiary/aromatic N) is 2. The summed E-state index contributed by atoms with van der Waals surface area (Å²) in [5.41, 5.74) is 4.88. The summed E-state index contributed by atoms with van der Waals surface area (Å²) in [6.07, 6.45) is 7.65. The van der Waals surface area contributed by atoms with Gasteiger partial charge in [0.1, 0.15) is 0 Å². The fraction of sp³-hybridized carbons (Fsp3) is 0.375. The molecule has 1 aliphatic heterocycles. The lowest BCUT2D eigenvalue weighted by molar-refractivity contribution is 0.0575. The Hall–Kier alpha value is -3.46. The van der Waals surface area contributed by atoms with Crippen LogP contribution >= 0.6 is 11.3 Å². The number of aromatic amines is 1. The minimum absolute atomic E-state index is 0.504. The van der Waals surface area contributed by atoms with E-state index in [-0.39, 0.29) is 0 Å². The van der Waals surface area contributed by atoms with Gasteiger partial charge in [0.25, 0.3) is 0 Å². The maximum absolute atomic E-state index is 12.9. The van der Waals surface area contributed by atoms with Crippen molar-refractivity contribution in [3.63, 3.8) is 0 Å². The number of aliphatic hydroxyl groups is 1. The number of likely N-dealkylation sites (tertiary alicyclic amines) is 1. The van der Waals surface area contributed by atoms with Crippen LogP contribution in [0.3, 0.4) is 0 Å². The van der Waals surface area contributed by atoms with Crippen molar-refractivity contribution in [3.8, 4) is 5.06 Å². The van der Waals surface area contributed by atoms with Crippen molar-refractivity contribution < 1.29 is 14.6 Å². The van der Waals surface area contributed by atoms with Crippen LogP contribution in [-0.2, 0) is 6.54 Å². The highest BCUT2D eigenvalue weighted by Crippen LogP contribution is 2.29. The molecule has 0 spiro atoms. The first-order chi connectivity index (χ1) is 19.2. The number of thiophene rings is 1. The zero-order valence-electron chi connectivity index (χ0n) is 23.4. The van der Waals surface area contributed by atoms with Crippen LogP contribution in [-0.4, -0.2) is 45.0 Å². The van der Waals surface area contributed by atoms with E-state index in [0.29, 0.717) is 16.7 Å². The van der Waals surface area contributed by atoms with E-state index < -0.39 is 11.7 Å². The number of carbonyl (C=O) groups excluding carboxylic acids is 1. The lowest BCUT2D eigenvalue weighted by atomic mass is 9.88. The summed E-state index contributed by atoms with van der Waals surface area (Å²) in [4.78, 5) is 15.3. The minimum Gasteiger partial charge on any atom is -0.399 e. The molecular formula is C32H38N4O3S. The van der Waals surface area contributed by atoms with Gasteiger partial charge < -0.3 is 9.84 Å². The Labute approximate surface area is 239 Å². The molecule has 1 fully saturated rings. The zero-order valence-corrected chi connectivity index (χ0v) is 24.3. The van der Waals surface area contributed by atoms with Crippen LogP contribution in [0.15, 0.2) is 53.9 Å². The third-order valence-electron chi connectivity index (χ3n) is 7.55. The molecule has 2 aromatic carbocycles. The van der Waals surface area contributed by atoms with Crippen molar-refractivity contribution in [2.75, 3.05) is 18.4 Å². The molecule has 40 heavy (non-hydrogen) atoms. The highest BCUT2D eigenvalue weighted by molar-refractivity contribution is 7.12. The molecule has 3 N–H and O–H groups in total. The number of carbonyl (C=O) groups is 1. The standard InChI is InChI=1S/C32H38N4O3S/c1-22-15-19-40-30(22)39-31(37)33-29-20-24(21-36-17-13-23(14-18-36)12-16-32(2,3)38)8-9-25(29)10-11-28-26-6-4-5-7-27(26)34-35-28/h4-11,15,19-20,23,38H,12-14,16-18,21H2,1-3H3,(H,33,37)(H,34,35)/b11-10+. The predicted octanol–water partition coefficient (Wildman–Crippen LogP) is 7.48. The van der Waals surface area contributed by atoms with Gasteiger partial charge in [-0.2, -0.15) is 5.10 Å². The number of amides is 1. The monoisotopic (exact) mass is 558 g/mol. The van der Waals surface area contributed by atoms with Crippen molar-refractivity contribution in [3.05, 3.63) is 76.3 Å². The number of H-pyrrole nitrogens is 1. The van der Waals surface area contributed by atoms with Gasteiger partial charge in [-0.15, -0.1) is 11.3 Å². The molecule has 5 rings (SSSR count). The molecule has 1 saturated heterocycles. The first-order valence-corrected chi connectivity index (χ1v) is 14.8. The molecule has 0 aliphatic carbocycles. The van der Waals surface area contributed by atoms with E-state index in [0.717, 1.165) is 78.6 Å². The molecule has 0 unspecified atom stereocenters. The third kappa shape index (κ3) is 7.38. The normalized spacial score (nSPS) is 15.2. The molecule has 210 valence electrons. The number of aromatic nitrogens is 2. The van der Waals surface area contributed by atoms with Gasteiger partial charge in [0.05, 0.1) is 22.5 Å². The highest BCUT2D eigenvalue weighted by atomic mass is 32.1. The van der Waals surface area contributed by atoms with Crippen molar-refractivity contribution in [1.29, 1.82) is 0 Å². The Kier molecular flexibility index (Phi) is 8.69. The van der Waals surface area contributed by atoms with Crippen LogP contribution in [0, 0.1) is 12.8 Å². The molecule has 0 bridgehead atoms. The number of benzene rings is 2. The average molecular weight is 559 g/mol. The van der Waals surface area contributed by atoms with E-state index in [1.54, 1.807) is 0 Å². The minimum atomic E-state index is -0.593.